The molecule has 2 N–H and O–H groups in total. The van der Waals surface area contributed by atoms with Gasteiger partial charge in [0, 0.05) is 19.4 Å². The van der Waals surface area contributed by atoms with E-state index in [0.717, 1.165) is 24.0 Å². The van der Waals surface area contributed by atoms with Crippen molar-refractivity contribution < 1.29 is 9.59 Å². The lowest BCUT2D eigenvalue weighted by atomic mass is 10.0. The van der Waals surface area contributed by atoms with Crippen LogP contribution in [-0.4, -0.2) is 16.7 Å². The van der Waals surface area contributed by atoms with Crippen LogP contribution in [0.2, 0.25) is 0 Å². The third-order valence-electron chi connectivity index (χ3n) is 3.65. The van der Waals surface area contributed by atoms with E-state index in [1.807, 2.05) is 31.2 Å². The highest BCUT2D eigenvalue weighted by Gasteiger charge is 2.29. The normalized spacial score (nSPS) is 18.3. The Morgan fingerprint density at radius 1 is 1.11 bits per heavy atom. The van der Waals surface area contributed by atoms with Gasteiger partial charge in [-0.25, -0.2) is 0 Å². The zero-order valence-electron chi connectivity index (χ0n) is 11.3. The molecule has 1 saturated heterocycles. The molecule has 4 nitrogen and oxygen atoms in total. The highest BCUT2D eigenvalue weighted by Crippen LogP contribution is 2.25. The summed E-state index contributed by atoms with van der Waals surface area (Å²) in [5.41, 5.74) is 7.58. The molecule has 1 atom stereocenters. The fourth-order valence-electron chi connectivity index (χ4n) is 2.45. The third-order valence-corrected chi connectivity index (χ3v) is 3.65. The maximum absolute atomic E-state index is 12.0. The van der Waals surface area contributed by atoms with E-state index in [0.29, 0.717) is 19.4 Å². The maximum atomic E-state index is 12.0. The predicted molar refractivity (Wildman–Crippen MR) is 73.1 cm³/mol. The van der Waals surface area contributed by atoms with E-state index >= 15 is 0 Å². The summed E-state index contributed by atoms with van der Waals surface area (Å²) in [6, 6.07) is 7.57. The number of carbonyl (C=O) groups excluding carboxylic acids is 2. The Morgan fingerprint density at radius 2 is 1.63 bits per heavy atom. The van der Waals surface area contributed by atoms with Gasteiger partial charge in [0.15, 0.2) is 0 Å². The number of nitrogens with two attached hydrogens (primary N) is 1. The van der Waals surface area contributed by atoms with Gasteiger partial charge in [-0.15, -0.1) is 0 Å². The van der Waals surface area contributed by atoms with Crippen molar-refractivity contribution in [1.82, 2.24) is 4.90 Å². The second-order valence-electron chi connectivity index (χ2n) is 4.99. The van der Waals surface area contributed by atoms with Crippen molar-refractivity contribution in [3.05, 3.63) is 35.4 Å². The molecule has 2 rings (SSSR count). The van der Waals surface area contributed by atoms with Crippen molar-refractivity contribution in [1.29, 1.82) is 0 Å². The zero-order valence-corrected chi connectivity index (χ0v) is 11.3. The van der Waals surface area contributed by atoms with Gasteiger partial charge in [0.25, 0.3) is 0 Å². The van der Waals surface area contributed by atoms with Crippen LogP contribution in [0, 0.1) is 0 Å². The number of nitrogens with zero attached hydrogens (tertiary/aromatic N) is 1. The summed E-state index contributed by atoms with van der Waals surface area (Å²) in [6.45, 7) is 2.40. The molecule has 1 aromatic carbocycles. The lowest BCUT2D eigenvalue weighted by Crippen LogP contribution is -2.37. The topological polar surface area (TPSA) is 63.4 Å². The Bertz CT molecular complexity index is 450. The summed E-state index contributed by atoms with van der Waals surface area (Å²) < 4.78 is 0. The number of hydrogen-bond acceptors (Lipinski definition) is 3. The molecule has 4 heteroatoms. The number of benzene rings is 1. The van der Waals surface area contributed by atoms with E-state index in [-0.39, 0.29) is 17.9 Å². The van der Waals surface area contributed by atoms with Crippen LogP contribution in [0.25, 0.3) is 0 Å². The Labute approximate surface area is 113 Å². The molecule has 1 unspecified atom stereocenters. The Balaban J connectivity index is 2.22. The molecular formula is C15H20N2O2. The smallest absolute Gasteiger partial charge is 0.229 e. The van der Waals surface area contributed by atoms with E-state index in [9.17, 15) is 9.59 Å². The molecule has 1 aliphatic rings. The third kappa shape index (κ3) is 3.01. The van der Waals surface area contributed by atoms with Gasteiger partial charge in [-0.05, 0) is 30.9 Å². The molecule has 102 valence electrons. The van der Waals surface area contributed by atoms with Crippen LogP contribution in [0.4, 0.5) is 0 Å². The lowest BCUT2D eigenvalue weighted by molar-refractivity contribution is -0.146. The Kier molecular flexibility index (Phi) is 4.32. The van der Waals surface area contributed by atoms with Gasteiger partial charge in [0.05, 0.1) is 6.04 Å². The summed E-state index contributed by atoms with van der Waals surface area (Å²) in [5, 5.41) is 0. The highest BCUT2D eigenvalue weighted by molar-refractivity contribution is 5.96. The van der Waals surface area contributed by atoms with E-state index < -0.39 is 0 Å². The van der Waals surface area contributed by atoms with Crippen LogP contribution in [0.15, 0.2) is 24.3 Å². The van der Waals surface area contributed by atoms with Gasteiger partial charge >= 0.3 is 0 Å². The van der Waals surface area contributed by atoms with Crippen LogP contribution in [0.3, 0.4) is 0 Å². The average Bonchev–Trinajstić information content (AvgIpc) is 2.59. The van der Waals surface area contributed by atoms with Crippen molar-refractivity contribution >= 4 is 11.8 Å². The van der Waals surface area contributed by atoms with Crippen LogP contribution in [0.5, 0.6) is 0 Å². The molecule has 0 aromatic heterocycles. The molecule has 0 bridgehead atoms. The summed E-state index contributed by atoms with van der Waals surface area (Å²) in [6.07, 6.45) is 2.55. The van der Waals surface area contributed by atoms with Gasteiger partial charge in [0.1, 0.15) is 0 Å². The van der Waals surface area contributed by atoms with Crippen molar-refractivity contribution in [2.24, 2.45) is 5.73 Å². The molecule has 1 aromatic rings. The maximum Gasteiger partial charge on any atom is 0.229 e. The first kappa shape index (κ1) is 13.7. The monoisotopic (exact) mass is 260 g/mol. The lowest BCUT2D eigenvalue weighted by Gasteiger charge is -2.26. The van der Waals surface area contributed by atoms with Crippen molar-refractivity contribution in [2.45, 2.75) is 45.2 Å². The quantitative estimate of drug-likeness (QED) is 0.847. The fourth-order valence-corrected chi connectivity index (χ4v) is 2.45. The second-order valence-corrected chi connectivity index (χ2v) is 4.99. The first-order valence-corrected chi connectivity index (χ1v) is 6.77. The second kappa shape index (κ2) is 5.97. The molecule has 2 amide bonds. The molecule has 0 radical (unpaired) electrons. The van der Waals surface area contributed by atoms with Crippen molar-refractivity contribution in [3.8, 4) is 0 Å². The molecule has 1 aliphatic heterocycles. The van der Waals surface area contributed by atoms with Gasteiger partial charge in [-0.3, -0.25) is 14.5 Å². The number of imide groups is 1. The van der Waals surface area contributed by atoms with Crippen molar-refractivity contribution in [2.75, 3.05) is 0 Å². The molecule has 0 aliphatic carbocycles. The minimum atomic E-state index is -0.204. The highest BCUT2D eigenvalue weighted by atomic mass is 16.2. The summed E-state index contributed by atoms with van der Waals surface area (Å²) in [4.78, 5) is 25.5. The van der Waals surface area contributed by atoms with Crippen LogP contribution < -0.4 is 5.73 Å². The Hall–Kier alpha value is -1.68. The average molecular weight is 260 g/mol. The number of rotatable bonds is 3. The van der Waals surface area contributed by atoms with Gasteiger partial charge in [0.2, 0.25) is 11.8 Å². The van der Waals surface area contributed by atoms with E-state index in [1.165, 1.54) is 4.90 Å². The predicted octanol–water partition coefficient (Wildman–Crippen LogP) is 2.14. The minimum Gasteiger partial charge on any atom is -0.326 e. The van der Waals surface area contributed by atoms with Crippen LogP contribution in [0.1, 0.15) is 49.8 Å². The van der Waals surface area contributed by atoms with Gasteiger partial charge in [-0.1, -0.05) is 24.3 Å². The SMILES string of the molecule is CC(c1ccc(CN)cc1)N1C(=O)CCCCC1=O. The molecule has 0 spiro atoms. The first-order valence-electron chi connectivity index (χ1n) is 6.77. The summed E-state index contributed by atoms with van der Waals surface area (Å²) >= 11 is 0. The fraction of sp³-hybridized carbons (Fsp3) is 0.467. The number of amides is 2. The van der Waals surface area contributed by atoms with Gasteiger partial charge in [-0.2, -0.15) is 0 Å². The van der Waals surface area contributed by atoms with Crippen LogP contribution in [-0.2, 0) is 16.1 Å². The summed E-state index contributed by atoms with van der Waals surface area (Å²) in [7, 11) is 0. The van der Waals surface area contributed by atoms with Gasteiger partial charge < -0.3 is 5.73 Å². The molecule has 0 saturated carbocycles. The largest absolute Gasteiger partial charge is 0.326 e. The number of hydrogen-bond donors (Lipinski definition) is 1. The van der Waals surface area contributed by atoms with E-state index in [4.69, 9.17) is 5.73 Å². The molecule has 19 heavy (non-hydrogen) atoms. The summed E-state index contributed by atoms with van der Waals surface area (Å²) in [5.74, 6) is -0.115. The first-order chi connectivity index (χ1) is 9.13. The number of likely N-dealkylation sites (tertiary alicyclic amines) is 1. The minimum absolute atomic E-state index is 0.0575. The zero-order chi connectivity index (χ0) is 13.8. The Morgan fingerprint density at radius 3 is 2.11 bits per heavy atom. The van der Waals surface area contributed by atoms with Crippen molar-refractivity contribution in [3.63, 3.8) is 0 Å². The van der Waals surface area contributed by atoms with E-state index in [2.05, 4.69) is 0 Å². The number of carbonyl (C=O) groups is 2. The molecular weight excluding hydrogens is 240 g/mol. The van der Waals surface area contributed by atoms with E-state index in [1.54, 1.807) is 0 Å². The van der Waals surface area contributed by atoms with Crippen LogP contribution >= 0.6 is 0 Å². The molecule has 1 fully saturated rings. The standard InChI is InChI=1S/C15H20N2O2/c1-11(13-8-6-12(10-16)7-9-13)17-14(18)4-2-3-5-15(17)19/h6-9,11H,2-5,10,16H2,1H3. The molecule has 1 heterocycles.